The Morgan fingerprint density at radius 2 is 1.57 bits per heavy atom. The third-order valence-electron chi connectivity index (χ3n) is 7.60. The van der Waals surface area contributed by atoms with Crippen molar-refractivity contribution in [1.82, 2.24) is 24.8 Å². The number of nitrogens with zero attached hydrogens (tertiary/aromatic N) is 5. The molecule has 0 saturated carbocycles. The van der Waals surface area contributed by atoms with Crippen molar-refractivity contribution in [3.05, 3.63) is 75.6 Å². The number of piperidine rings is 1. The Kier molecular flexibility index (Phi) is 13.7. The van der Waals surface area contributed by atoms with E-state index in [-0.39, 0.29) is 17.7 Å². The first-order valence-electron chi connectivity index (χ1n) is 15.6. The van der Waals surface area contributed by atoms with Gasteiger partial charge in [0.15, 0.2) is 10.8 Å². The molecule has 0 aliphatic carbocycles. The number of carbonyl (C=O) groups excluding carboxylic acids is 2. The zero-order valence-electron chi connectivity index (χ0n) is 27.5. The SMILES string of the molecule is O=C(CC1CCN(C(=O)c2nccs2)CC1)Nc1ccc2cc1CCc1cncc(c1)Nc1ncc(Cl)c(n1)N2.O=C(O)C(F)(F)F.O=C(O)C(F)(F)F. The molecule has 2 aliphatic heterocycles. The fraction of sp³-hybridized carbons (Fsp3) is 0.312. The first kappa shape index (κ1) is 41.2. The number of alkyl halides is 6. The predicted molar refractivity (Wildman–Crippen MR) is 183 cm³/mol. The van der Waals surface area contributed by atoms with E-state index in [1.54, 1.807) is 18.6 Å². The van der Waals surface area contributed by atoms with Crippen molar-refractivity contribution >= 4 is 75.5 Å². The Hall–Kier alpha value is -5.57. The van der Waals surface area contributed by atoms with Gasteiger partial charge in [-0.25, -0.2) is 19.6 Å². The number of halogens is 7. The molecule has 14 nitrogen and oxygen atoms in total. The Morgan fingerprint density at radius 1 is 0.907 bits per heavy atom. The Labute approximate surface area is 310 Å². The van der Waals surface area contributed by atoms with Gasteiger partial charge in [-0.1, -0.05) is 11.6 Å². The molecule has 1 fully saturated rings. The van der Waals surface area contributed by atoms with Crippen molar-refractivity contribution in [2.24, 2.45) is 5.92 Å². The van der Waals surface area contributed by atoms with E-state index in [4.69, 9.17) is 31.4 Å². The van der Waals surface area contributed by atoms with Gasteiger partial charge in [0, 0.05) is 48.7 Å². The number of fused-ring (bicyclic) bond motifs is 6. The Bertz CT molecular complexity index is 1940. The van der Waals surface area contributed by atoms with E-state index in [2.05, 4.69) is 35.9 Å². The van der Waals surface area contributed by atoms with Crippen LogP contribution in [0.1, 0.15) is 40.2 Å². The standard InChI is InChI=1S/C28H27ClN8O2S.2C2HF3O2/c29-22-16-32-28-34-21-11-18(14-30-15-21)1-2-19-13-20(33-25(22)36-28)3-4-23(19)35-24(38)12-17-5-8-37(9-6-17)27(39)26-31-7-10-40-26;2*3-2(4,5)1(6)7/h3-4,7,10-11,13-17H,1-2,5-6,8-9,12H2,(H,35,38)(H2,32,33,34,36);2*(H,6,7). The molecule has 0 spiro atoms. The summed E-state index contributed by atoms with van der Waals surface area (Å²) in [6.07, 6.45) is 0.0161. The van der Waals surface area contributed by atoms with Crippen LogP contribution in [0.25, 0.3) is 0 Å². The van der Waals surface area contributed by atoms with Crippen LogP contribution in [0, 0.1) is 5.92 Å². The third kappa shape index (κ3) is 12.3. The number of carboxylic acids is 2. The van der Waals surface area contributed by atoms with Gasteiger partial charge in [-0.3, -0.25) is 14.6 Å². The summed E-state index contributed by atoms with van der Waals surface area (Å²) in [5, 5.41) is 26.6. The molecule has 6 bridgehead atoms. The fourth-order valence-corrected chi connectivity index (χ4v) is 5.76. The molecule has 22 heteroatoms. The number of benzene rings is 1. The molecular formula is C32H29ClF6N8O6S. The zero-order valence-corrected chi connectivity index (χ0v) is 29.1. The first-order chi connectivity index (χ1) is 25.4. The van der Waals surface area contributed by atoms with Crippen LogP contribution in [0.15, 0.2) is 54.4 Å². The van der Waals surface area contributed by atoms with Crippen LogP contribution >= 0.6 is 22.9 Å². The largest absolute Gasteiger partial charge is 0.490 e. The van der Waals surface area contributed by atoms with Crippen LogP contribution in [-0.2, 0) is 27.2 Å². The van der Waals surface area contributed by atoms with E-state index < -0.39 is 24.3 Å². The molecule has 0 atom stereocenters. The smallest absolute Gasteiger partial charge is 0.475 e. The molecule has 288 valence electrons. The number of likely N-dealkylation sites (tertiary alicyclic amines) is 1. The predicted octanol–water partition coefficient (Wildman–Crippen LogP) is 6.71. The maximum Gasteiger partial charge on any atom is 0.490 e. The quantitative estimate of drug-likeness (QED) is 0.137. The minimum atomic E-state index is -5.08. The molecule has 5 heterocycles. The minimum Gasteiger partial charge on any atom is -0.475 e. The van der Waals surface area contributed by atoms with Gasteiger partial charge in [-0.2, -0.15) is 31.3 Å². The number of pyridine rings is 1. The lowest BCUT2D eigenvalue weighted by atomic mass is 9.93. The second kappa shape index (κ2) is 18.0. The molecule has 2 aliphatic rings. The van der Waals surface area contributed by atoms with Crippen molar-refractivity contribution in [2.75, 3.05) is 29.0 Å². The van der Waals surface area contributed by atoms with Crippen LogP contribution < -0.4 is 16.0 Å². The molecule has 5 N–H and O–H groups in total. The fourth-order valence-electron chi connectivity index (χ4n) is 5.02. The number of rotatable bonds is 4. The van der Waals surface area contributed by atoms with Crippen LogP contribution in [-0.4, -0.2) is 84.2 Å². The van der Waals surface area contributed by atoms with Gasteiger partial charge in [0.05, 0.1) is 18.1 Å². The average Bonchev–Trinajstić information content (AvgIpc) is 3.65. The van der Waals surface area contributed by atoms with E-state index in [0.29, 0.717) is 47.7 Å². The highest BCUT2D eigenvalue weighted by Crippen LogP contribution is 2.30. The second-order valence-corrected chi connectivity index (χ2v) is 12.8. The average molecular weight is 803 g/mol. The molecule has 0 unspecified atom stereocenters. The lowest BCUT2D eigenvalue weighted by Gasteiger charge is -2.31. The van der Waals surface area contributed by atoms with Gasteiger partial charge in [0.25, 0.3) is 5.91 Å². The Balaban J connectivity index is 0.000000396. The van der Waals surface area contributed by atoms with Crippen molar-refractivity contribution in [2.45, 2.75) is 44.5 Å². The van der Waals surface area contributed by atoms with Crippen LogP contribution in [0.2, 0.25) is 5.02 Å². The van der Waals surface area contributed by atoms with E-state index in [1.165, 1.54) is 11.3 Å². The number of carboxylic acid groups (broad SMARTS) is 2. The van der Waals surface area contributed by atoms with Crippen LogP contribution in [0.5, 0.6) is 0 Å². The molecule has 3 aromatic heterocycles. The van der Waals surface area contributed by atoms with E-state index >= 15 is 0 Å². The Morgan fingerprint density at radius 3 is 2.19 bits per heavy atom. The number of carbonyl (C=O) groups is 4. The number of amides is 2. The number of aliphatic carboxylic acids is 2. The first-order valence-corrected chi connectivity index (χ1v) is 16.9. The lowest BCUT2D eigenvalue weighted by Crippen LogP contribution is -2.39. The highest BCUT2D eigenvalue weighted by Gasteiger charge is 2.39. The van der Waals surface area contributed by atoms with E-state index in [9.17, 15) is 35.9 Å². The highest BCUT2D eigenvalue weighted by molar-refractivity contribution is 7.11. The van der Waals surface area contributed by atoms with Gasteiger partial charge >= 0.3 is 24.3 Å². The molecule has 6 rings (SSSR count). The molecule has 0 radical (unpaired) electrons. The van der Waals surface area contributed by atoms with E-state index in [0.717, 1.165) is 47.5 Å². The summed E-state index contributed by atoms with van der Waals surface area (Å²) in [4.78, 5) is 62.6. The second-order valence-electron chi connectivity index (χ2n) is 11.5. The highest BCUT2D eigenvalue weighted by atomic mass is 35.5. The number of thiazole rings is 1. The molecule has 1 saturated heterocycles. The summed E-state index contributed by atoms with van der Waals surface area (Å²) in [7, 11) is 0. The lowest BCUT2D eigenvalue weighted by molar-refractivity contribution is -0.193. The number of anilines is 5. The molecule has 1 aromatic carbocycles. The molecule has 54 heavy (non-hydrogen) atoms. The number of nitrogens with one attached hydrogen (secondary N) is 3. The van der Waals surface area contributed by atoms with Crippen molar-refractivity contribution < 1.29 is 55.7 Å². The van der Waals surface area contributed by atoms with Crippen molar-refractivity contribution in [1.29, 1.82) is 0 Å². The number of hydrogen-bond acceptors (Lipinski definition) is 11. The normalized spacial score (nSPS) is 14.1. The van der Waals surface area contributed by atoms with Crippen LogP contribution in [0.3, 0.4) is 0 Å². The molecule has 4 aromatic rings. The van der Waals surface area contributed by atoms with Gasteiger partial charge in [-0.15, -0.1) is 11.3 Å². The third-order valence-corrected chi connectivity index (χ3v) is 8.63. The topological polar surface area (TPSA) is 200 Å². The van der Waals surface area contributed by atoms with Gasteiger partial charge in [-0.05, 0) is 67.0 Å². The maximum atomic E-state index is 13.1. The summed E-state index contributed by atoms with van der Waals surface area (Å²) in [6.45, 7) is 1.27. The van der Waals surface area contributed by atoms with Gasteiger partial charge in [0.2, 0.25) is 11.9 Å². The summed E-state index contributed by atoms with van der Waals surface area (Å²) in [5.41, 5.74) is 4.41. The molecule has 2 amide bonds. The number of aryl methyl sites for hydroxylation is 2. The summed E-state index contributed by atoms with van der Waals surface area (Å²) >= 11 is 7.73. The van der Waals surface area contributed by atoms with Gasteiger partial charge < -0.3 is 31.1 Å². The summed E-state index contributed by atoms with van der Waals surface area (Å²) in [5.74, 6) is -4.46. The van der Waals surface area contributed by atoms with Gasteiger partial charge in [0.1, 0.15) is 5.02 Å². The zero-order chi connectivity index (χ0) is 39.6. The monoisotopic (exact) mass is 802 g/mol. The van der Waals surface area contributed by atoms with E-state index in [1.807, 2.05) is 40.7 Å². The minimum absolute atomic E-state index is 0.0254. The molecular weight excluding hydrogens is 774 g/mol. The summed E-state index contributed by atoms with van der Waals surface area (Å²) in [6, 6.07) is 7.84. The number of aromatic nitrogens is 4. The van der Waals surface area contributed by atoms with Crippen LogP contribution in [0.4, 0.5) is 55.2 Å². The number of hydrogen-bond donors (Lipinski definition) is 5. The van der Waals surface area contributed by atoms with Crippen molar-refractivity contribution in [3.63, 3.8) is 0 Å². The maximum absolute atomic E-state index is 13.1. The summed E-state index contributed by atoms with van der Waals surface area (Å²) < 4.78 is 63.5. The van der Waals surface area contributed by atoms with Crippen molar-refractivity contribution in [3.8, 4) is 0 Å².